The molecule has 1 heterocycles. The largest absolute Gasteiger partial charge is 0.491 e. The number of pyridine rings is 1. The Hall–Kier alpha value is -0.620. The fraction of sp³-hybridized carbons (Fsp3) is 0.545. The van der Waals surface area contributed by atoms with Gasteiger partial charge in [0, 0.05) is 10.7 Å². The van der Waals surface area contributed by atoms with Gasteiger partial charge in [-0.25, -0.2) is 8.42 Å². The Labute approximate surface area is 110 Å². The number of aromatic nitrogens is 1. The van der Waals surface area contributed by atoms with Crippen LogP contribution in [-0.2, 0) is 9.84 Å². The quantitative estimate of drug-likeness (QED) is 0.854. The molecule has 0 N–H and O–H groups in total. The normalized spacial score (nSPS) is 12.5. The Morgan fingerprint density at radius 2 is 2.00 bits per heavy atom. The highest BCUT2D eigenvalue weighted by atomic mass is 79.9. The van der Waals surface area contributed by atoms with Gasteiger partial charge in [0.2, 0.25) is 0 Å². The summed E-state index contributed by atoms with van der Waals surface area (Å²) in [6.45, 7) is 5.19. The molecule has 0 bridgehead atoms. The second kappa shape index (κ2) is 5.35. The molecule has 96 valence electrons. The number of hydrogen-bond donors (Lipinski definition) is 0. The molecule has 0 fully saturated rings. The van der Waals surface area contributed by atoms with E-state index in [0.29, 0.717) is 5.75 Å². The summed E-state index contributed by atoms with van der Waals surface area (Å²) in [5, 5.41) is 0. The van der Waals surface area contributed by atoms with E-state index in [0.717, 1.165) is 4.47 Å². The average Bonchev–Trinajstić information content (AvgIpc) is 2.15. The molecule has 0 spiro atoms. The first kappa shape index (κ1) is 14.4. The number of nitrogens with zero attached hydrogens (tertiary/aromatic N) is 1. The van der Waals surface area contributed by atoms with Gasteiger partial charge in [0.15, 0.2) is 9.84 Å². The van der Waals surface area contributed by atoms with Crippen LogP contribution in [0.4, 0.5) is 0 Å². The van der Waals surface area contributed by atoms with Crippen LogP contribution in [0.25, 0.3) is 0 Å². The number of hydrogen-bond acceptors (Lipinski definition) is 4. The highest BCUT2D eigenvalue weighted by Crippen LogP contribution is 2.18. The van der Waals surface area contributed by atoms with Crippen LogP contribution in [0.1, 0.15) is 20.8 Å². The van der Waals surface area contributed by atoms with Gasteiger partial charge < -0.3 is 4.74 Å². The predicted octanol–water partition coefficient (Wildman–Crippen LogP) is 2.44. The molecule has 4 nitrogen and oxygen atoms in total. The third-order valence-electron chi connectivity index (χ3n) is 2.23. The molecule has 0 unspecified atom stereocenters. The SMILES string of the molecule is CC(C)(C)S(=O)(=O)CCOc1cncc(Br)c1. The van der Waals surface area contributed by atoms with Crippen LogP contribution in [0.2, 0.25) is 0 Å². The lowest BCUT2D eigenvalue weighted by molar-refractivity contribution is 0.338. The molecule has 1 rings (SSSR count). The Kier molecular flexibility index (Phi) is 4.55. The summed E-state index contributed by atoms with van der Waals surface area (Å²) in [7, 11) is -3.14. The van der Waals surface area contributed by atoms with Crippen LogP contribution in [-0.4, -0.2) is 30.5 Å². The first-order valence-electron chi connectivity index (χ1n) is 5.18. The zero-order chi connectivity index (χ0) is 13.1. The van der Waals surface area contributed by atoms with Crippen molar-refractivity contribution in [1.82, 2.24) is 4.98 Å². The third kappa shape index (κ3) is 4.27. The van der Waals surface area contributed by atoms with Crippen LogP contribution < -0.4 is 4.74 Å². The van der Waals surface area contributed by atoms with Gasteiger partial charge in [0.05, 0.1) is 16.7 Å². The van der Waals surface area contributed by atoms with Gasteiger partial charge in [-0.1, -0.05) is 0 Å². The fourth-order valence-corrected chi connectivity index (χ4v) is 2.31. The molecule has 0 aliphatic rings. The molecule has 0 radical (unpaired) electrons. The van der Waals surface area contributed by atoms with Crippen molar-refractivity contribution >= 4 is 25.8 Å². The van der Waals surface area contributed by atoms with E-state index in [1.54, 1.807) is 39.2 Å². The van der Waals surface area contributed by atoms with Gasteiger partial charge >= 0.3 is 0 Å². The van der Waals surface area contributed by atoms with Crippen molar-refractivity contribution in [1.29, 1.82) is 0 Å². The number of ether oxygens (including phenoxy) is 1. The molecule has 0 aliphatic heterocycles. The molecule has 0 amide bonds. The minimum atomic E-state index is -3.14. The Morgan fingerprint density at radius 3 is 2.53 bits per heavy atom. The van der Waals surface area contributed by atoms with Crippen LogP contribution in [0.15, 0.2) is 22.9 Å². The van der Waals surface area contributed by atoms with E-state index in [1.165, 1.54) is 0 Å². The zero-order valence-corrected chi connectivity index (χ0v) is 12.5. The second-order valence-electron chi connectivity index (χ2n) is 4.62. The van der Waals surface area contributed by atoms with Crippen molar-refractivity contribution in [3.05, 3.63) is 22.9 Å². The molecule has 6 heteroatoms. The lowest BCUT2D eigenvalue weighted by atomic mass is 10.3. The van der Waals surface area contributed by atoms with Crippen molar-refractivity contribution in [3.63, 3.8) is 0 Å². The van der Waals surface area contributed by atoms with Crippen LogP contribution >= 0.6 is 15.9 Å². The molecule has 1 aromatic heterocycles. The minimum Gasteiger partial charge on any atom is -0.491 e. The molecule has 0 atom stereocenters. The van der Waals surface area contributed by atoms with E-state index in [-0.39, 0.29) is 12.4 Å². The number of rotatable bonds is 4. The van der Waals surface area contributed by atoms with Gasteiger partial charge in [-0.2, -0.15) is 0 Å². The van der Waals surface area contributed by atoms with Gasteiger partial charge in [0.1, 0.15) is 12.4 Å². The number of halogens is 1. The monoisotopic (exact) mass is 321 g/mol. The van der Waals surface area contributed by atoms with Crippen molar-refractivity contribution in [2.24, 2.45) is 0 Å². The predicted molar refractivity (Wildman–Crippen MR) is 71.0 cm³/mol. The van der Waals surface area contributed by atoms with Gasteiger partial charge in [-0.15, -0.1) is 0 Å². The Balaban J connectivity index is 2.55. The van der Waals surface area contributed by atoms with Gasteiger partial charge in [-0.05, 0) is 42.8 Å². The highest BCUT2D eigenvalue weighted by Gasteiger charge is 2.28. The van der Waals surface area contributed by atoms with Crippen LogP contribution in [0.5, 0.6) is 5.75 Å². The standard InChI is InChI=1S/C11H16BrNO3S/c1-11(2,3)17(14,15)5-4-16-10-6-9(12)7-13-8-10/h6-8H,4-5H2,1-3H3. The maximum absolute atomic E-state index is 11.8. The first-order valence-corrected chi connectivity index (χ1v) is 7.62. The van der Waals surface area contributed by atoms with E-state index >= 15 is 0 Å². The molecule has 17 heavy (non-hydrogen) atoms. The summed E-state index contributed by atoms with van der Waals surface area (Å²) in [5.41, 5.74) is 0. The Bertz CT molecular complexity index is 480. The van der Waals surface area contributed by atoms with E-state index in [4.69, 9.17) is 4.74 Å². The minimum absolute atomic E-state index is 0.00299. The maximum atomic E-state index is 11.8. The summed E-state index contributed by atoms with van der Waals surface area (Å²) in [6.07, 6.45) is 3.19. The van der Waals surface area contributed by atoms with Gasteiger partial charge in [0.25, 0.3) is 0 Å². The smallest absolute Gasteiger partial charge is 0.158 e. The summed E-state index contributed by atoms with van der Waals surface area (Å²) in [4.78, 5) is 3.93. The molecule has 0 aliphatic carbocycles. The molecular weight excluding hydrogens is 306 g/mol. The van der Waals surface area contributed by atoms with E-state index < -0.39 is 14.6 Å². The van der Waals surface area contributed by atoms with E-state index in [1.807, 2.05) is 0 Å². The second-order valence-corrected chi connectivity index (χ2v) is 8.40. The zero-order valence-electron chi connectivity index (χ0n) is 10.1. The highest BCUT2D eigenvalue weighted by molar-refractivity contribution is 9.10. The molecule has 1 aromatic rings. The summed E-state index contributed by atoms with van der Waals surface area (Å²) >= 11 is 3.26. The lowest BCUT2D eigenvalue weighted by Gasteiger charge is -2.19. The fourth-order valence-electron chi connectivity index (χ4n) is 1.05. The van der Waals surface area contributed by atoms with E-state index in [9.17, 15) is 8.42 Å². The average molecular weight is 322 g/mol. The Morgan fingerprint density at radius 1 is 1.35 bits per heavy atom. The third-order valence-corrected chi connectivity index (χ3v) is 5.24. The molecule has 0 aromatic carbocycles. The van der Waals surface area contributed by atoms with Gasteiger partial charge in [-0.3, -0.25) is 4.98 Å². The van der Waals surface area contributed by atoms with Crippen molar-refractivity contribution < 1.29 is 13.2 Å². The molecule has 0 saturated heterocycles. The topological polar surface area (TPSA) is 56.3 Å². The van der Waals surface area contributed by atoms with Crippen LogP contribution in [0.3, 0.4) is 0 Å². The van der Waals surface area contributed by atoms with Crippen molar-refractivity contribution in [2.45, 2.75) is 25.5 Å². The van der Waals surface area contributed by atoms with Crippen LogP contribution in [0, 0.1) is 0 Å². The van der Waals surface area contributed by atoms with Crippen molar-refractivity contribution in [2.75, 3.05) is 12.4 Å². The van der Waals surface area contributed by atoms with E-state index in [2.05, 4.69) is 20.9 Å². The lowest BCUT2D eigenvalue weighted by Crippen LogP contribution is -2.32. The number of sulfone groups is 1. The maximum Gasteiger partial charge on any atom is 0.158 e. The summed E-state index contributed by atoms with van der Waals surface area (Å²) in [6, 6.07) is 1.75. The molecular formula is C11H16BrNO3S. The van der Waals surface area contributed by atoms with Crippen molar-refractivity contribution in [3.8, 4) is 5.75 Å². The molecule has 0 saturated carbocycles. The summed E-state index contributed by atoms with van der Waals surface area (Å²) in [5.74, 6) is 0.562. The first-order chi connectivity index (χ1) is 7.72. The summed E-state index contributed by atoms with van der Waals surface area (Å²) < 4.78 is 29.0.